The molecular weight excluding hydrogens is 214 g/mol. The molecule has 1 aliphatic heterocycles. The molecule has 5 heteroatoms. The van der Waals surface area contributed by atoms with Gasteiger partial charge < -0.3 is 15.5 Å². The lowest BCUT2D eigenvalue weighted by Gasteiger charge is -2.29. The summed E-state index contributed by atoms with van der Waals surface area (Å²) in [6, 6.07) is 2.00. The van der Waals surface area contributed by atoms with Crippen molar-refractivity contribution in [3.05, 3.63) is 12.4 Å². The molecule has 94 valence electrons. The summed E-state index contributed by atoms with van der Waals surface area (Å²) in [6.45, 7) is 8.61. The zero-order chi connectivity index (χ0) is 12.3. The predicted octanol–water partition coefficient (Wildman–Crippen LogP) is 0.954. The second kappa shape index (κ2) is 4.87. The van der Waals surface area contributed by atoms with E-state index in [-0.39, 0.29) is 5.41 Å². The molecule has 1 aromatic rings. The van der Waals surface area contributed by atoms with Crippen molar-refractivity contribution in [3.8, 4) is 0 Å². The fourth-order valence-electron chi connectivity index (χ4n) is 2.14. The van der Waals surface area contributed by atoms with Gasteiger partial charge in [-0.05, 0) is 5.41 Å². The smallest absolute Gasteiger partial charge is 0.134 e. The van der Waals surface area contributed by atoms with Crippen LogP contribution in [0.1, 0.15) is 13.8 Å². The van der Waals surface area contributed by atoms with E-state index in [9.17, 15) is 0 Å². The first-order chi connectivity index (χ1) is 8.11. The van der Waals surface area contributed by atoms with Crippen molar-refractivity contribution >= 4 is 11.6 Å². The lowest BCUT2D eigenvalue weighted by molar-refractivity contribution is 0.370. The van der Waals surface area contributed by atoms with E-state index in [1.807, 2.05) is 13.1 Å². The van der Waals surface area contributed by atoms with Gasteiger partial charge in [-0.15, -0.1) is 0 Å². The van der Waals surface area contributed by atoms with Gasteiger partial charge in [0, 0.05) is 39.3 Å². The number of anilines is 2. The van der Waals surface area contributed by atoms with Crippen molar-refractivity contribution in [2.45, 2.75) is 13.8 Å². The highest BCUT2D eigenvalue weighted by Gasteiger charge is 2.25. The molecule has 1 aromatic heterocycles. The van der Waals surface area contributed by atoms with Gasteiger partial charge >= 0.3 is 0 Å². The Morgan fingerprint density at radius 1 is 1.41 bits per heavy atom. The summed E-state index contributed by atoms with van der Waals surface area (Å²) in [7, 11) is 1.88. The van der Waals surface area contributed by atoms with Gasteiger partial charge in [0.2, 0.25) is 0 Å². The van der Waals surface area contributed by atoms with Gasteiger partial charge in [-0.25, -0.2) is 9.97 Å². The van der Waals surface area contributed by atoms with Crippen molar-refractivity contribution in [3.63, 3.8) is 0 Å². The number of hydrogen-bond donors (Lipinski definition) is 2. The van der Waals surface area contributed by atoms with E-state index in [2.05, 4.69) is 39.3 Å². The summed E-state index contributed by atoms with van der Waals surface area (Å²) in [5.74, 6) is 1.87. The van der Waals surface area contributed by atoms with Gasteiger partial charge in [0.05, 0.1) is 0 Å². The minimum Gasteiger partial charge on any atom is -0.373 e. The van der Waals surface area contributed by atoms with Gasteiger partial charge in [0.25, 0.3) is 0 Å². The Hall–Kier alpha value is -1.36. The Morgan fingerprint density at radius 2 is 2.24 bits per heavy atom. The molecule has 0 unspecified atom stereocenters. The second-order valence-electron chi connectivity index (χ2n) is 5.27. The molecule has 0 radical (unpaired) electrons. The van der Waals surface area contributed by atoms with E-state index in [0.717, 1.165) is 37.8 Å². The number of nitrogens with zero attached hydrogens (tertiary/aromatic N) is 3. The molecule has 0 aromatic carbocycles. The summed E-state index contributed by atoms with van der Waals surface area (Å²) in [6.07, 6.45) is 1.62. The second-order valence-corrected chi connectivity index (χ2v) is 5.27. The maximum Gasteiger partial charge on any atom is 0.134 e. The van der Waals surface area contributed by atoms with Crippen LogP contribution < -0.4 is 15.5 Å². The third-order valence-electron chi connectivity index (χ3n) is 3.01. The van der Waals surface area contributed by atoms with E-state index >= 15 is 0 Å². The van der Waals surface area contributed by atoms with Crippen molar-refractivity contribution in [1.82, 2.24) is 15.3 Å². The molecule has 1 fully saturated rings. The summed E-state index contributed by atoms with van der Waals surface area (Å²) in [5, 5.41) is 6.51. The van der Waals surface area contributed by atoms with Crippen LogP contribution in [-0.2, 0) is 0 Å². The highest BCUT2D eigenvalue weighted by Crippen LogP contribution is 2.22. The van der Waals surface area contributed by atoms with Crippen LogP contribution in [0, 0.1) is 5.41 Å². The van der Waals surface area contributed by atoms with E-state index in [1.165, 1.54) is 0 Å². The standard InChI is InChI=1S/C12H21N5/c1-12(2)7-14-4-5-17(8-12)11-6-10(13-3)15-9-16-11/h6,9,14H,4-5,7-8H2,1-3H3,(H,13,15,16). The van der Waals surface area contributed by atoms with Gasteiger partial charge in [-0.1, -0.05) is 13.8 Å². The van der Waals surface area contributed by atoms with E-state index < -0.39 is 0 Å². The van der Waals surface area contributed by atoms with Crippen LogP contribution in [0.25, 0.3) is 0 Å². The van der Waals surface area contributed by atoms with Gasteiger partial charge in [-0.3, -0.25) is 0 Å². The average Bonchev–Trinajstić information content (AvgIpc) is 2.50. The highest BCUT2D eigenvalue weighted by atomic mass is 15.2. The van der Waals surface area contributed by atoms with Crippen LogP contribution >= 0.6 is 0 Å². The molecule has 1 aliphatic rings. The van der Waals surface area contributed by atoms with Gasteiger partial charge in [-0.2, -0.15) is 0 Å². The SMILES string of the molecule is CNc1cc(N2CCNCC(C)(C)C2)ncn1. The van der Waals surface area contributed by atoms with Crippen LogP contribution in [0.2, 0.25) is 0 Å². The topological polar surface area (TPSA) is 53.1 Å². The Balaban J connectivity index is 2.19. The first-order valence-corrected chi connectivity index (χ1v) is 6.06. The van der Waals surface area contributed by atoms with E-state index in [4.69, 9.17) is 0 Å². The Kier molecular flexibility index (Phi) is 3.47. The minimum atomic E-state index is 0.265. The monoisotopic (exact) mass is 235 g/mol. The van der Waals surface area contributed by atoms with Gasteiger partial charge in [0.15, 0.2) is 0 Å². The van der Waals surface area contributed by atoms with Crippen LogP contribution in [0.5, 0.6) is 0 Å². The van der Waals surface area contributed by atoms with Crippen LogP contribution in [0.4, 0.5) is 11.6 Å². The molecule has 2 N–H and O–H groups in total. The number of aromatic nitrogens is 2. The Bertz CT molecular complexity index is 377. The van der Waals surface area contributed by atoms with Crippen molar-refractivity contribution < 1.29 is 0 Å². The van der Waals surface area contributed by atoms with Crippen LogP contribution in [-0.4, -0.2) is 43.2 Å². The average molecular weight is 235 g/mol. The van der Waals surface area contributed by atoms with Crippen molar-refractivity contribution in [2.24, 2.45) is 5.41 Å². The molecule has 2 rings (SSSR count). The normalized spacial score (nSPS) is 19.8. The summed E-state index contributed by atoms with van der Waals surface area (Å²) >= 11 is 0. The molecule has 0 amide bonds. The third kappa shape index (κ3) is 3.06. The van der Waals surface area contributed by atoms with Crippen LogP contribution in [0.3, 0.4) is 0 Å². The summed E-state index contributed by atoms with van der Waals surface area (Å²) in [4.78, 5) is 10.8. The van der Waals surface area contributed by atoms with Crippen LogP contribution in [0.15, 0.2) is 12.4 Å². The Morgan fingerprint density at radius 3 is 3.00 bits per heavy atom. The number of nitrogens with one attached hydrogen (secondary N) is 2. The molecule has 2 heterocycles. The molecule has 1 saturated heterocycles. The largest absolute Gasteiger partial charge is 0.373 e. The molecule has 0 atom stereocenters. The molecule has 0 aliphatic carbocycles. The van der Waals surface area contributed by atoms with E-state index in [1.54, 1.807) is 6.33 Å². The highest BCUT2D eigenvalue weighted by molar-refractivity contribution is 5.48. The lowest BCUT2D eigenvalue weighted by atomic mass is 9.93. The summed E-state index contributed by atoms with van der Waals surface area (Å²) in [5.41, 5.74) is 0.265. The molecule has 0 bridgehead atoms. The zero-order valence-electron chi connectivity index (χ0n) is 10.8. The van der Waals surface area contributed by atoms with Gasteiger partial charge in [0.1, 0.15) is 18.0 Å². The Labute approximate surface area is 103 Å². The van der Waals surface area contributed by atoms with E-state index in [0.29, 0.717) is 0 Å². The predicted molar refractivity (Wildman–Crippen MR) is 70.4 cm³/mol. The van der Waals surface area contributed by atoms with Crippen molar-refractivity contribution in [1.29, 1.82) is 0 Å². The molecular formula is C12H21N5. The summed E-state index contributed by atoms with van der Waals surface area (Å²) < 4.78 is 0. The third-order valence-corrected chi connectivity index (χ3v) is 3.01. The number of rotatable bonds is 2. The maximum atomic E-state index is 4.37. The quantitative estimate of drug-likeness (QED) is 0.799. The molecule has 17 heavy (non-hydrogen) atoms. The maximum absolute atomic E-state index is 4.37. The minimum absolute atomic E-state index is 0.265. The lowest BCUT2D eigenvalue weighted by Crippen LogP contribution is -2.35. The first kappa shape index (κ1) is 12.1. The molecule has 0 saturated carbocycles. The molecule has 0 spiro atoms. The zero-order valence-corrected chi connectivity index (χ0v) is 10.8. The first-order valence-electron chi connectivity index (χ1n) is 6.06. The number of hydrogen-bond acceptors (Lipinski definition) is 5. The fourth-order valence-corrected chi connectivity index (χ4v) is 2.14. The fraction of sp³-hybridized carbons (Fsp3) is 0.667. The molecule has 5 nitrogen and oxygen atoms in total. The van der Waals surface area contributed by atoms with Crippen molar-refractivity contribution in [2.75, 3.05) is 43.4 Å².